The number of rotatable bonds is 8. The first-order chi connectivity index (χ1) is 13.2. The molecular weight excluding hydrogens is 334 g/mol. The van der Waals surface area contributed by atoms with Gasteiger partial charge in [-0.05, 0) is 54.8 Å². The third-order valence-electron chi connectivity index (χ3n) is 4.66. The number of hydrogen-bond acceptors (Lipinski definition) is 3. The standard InChI is InChI=1S/C24H27NO2/c1-4-27-24-15-10-19(17-25-18(2)20-8-6-5-7-9-20)16-23(24)21-11-13-22(26-3)14-12-21/h5-16,18,25H,4,17H2,1-3H3/t18-/m1/s1. The first kappa shape index (κ1) is 19.0. The Kier molecular flexibility index (Phi) is 6.50. The van der Waals surface area contributed by atoms with Crippen molar-refractivity contribution in [2.75, 3.05) is 13.7 Å². The van der Waals surface area contributed by atoms with Gasteiger partial charge in [-0.15, -0.1) is 0 Å². The highest BCUT2D eigenvalue weighted by atomic mass is 16.5. The van der Waals surface area contributed by atoms with E-state index in [1.165, 1.54) is 11.1 Å². The van der Waals surface area contributed by atoms with Crippen molar-refractivity contribution in [1.82, 2.24) is 5.32 Å². The molecule has 0 amide bonds. The molecule has 3 aromatic carbocycles. The largest absolute Gasteiger partial charge is 0.497 e. The van der Waals surface area contributed by atoms with Crippen molar-refractivity contribution in [2.24, 2.45) is 0 Å². The third kappa shape index (κ3) is 4.89. The first-order valence-corrected chi connectivity index (χ1v) is 9.39. The van der Waals surface area contributed by atoms with Gasteiger partial charge in [0.25, 0.3) is 0 Å². The average molecular weight is 361 g/mol. The van der Waals surface area contributed by atoms with Crippen molar-refractivity contribution in [3.8, 4) is 22.6 Å². The maximum Gasteiger partial charge on any atom is 0.127 e. The number of benzene rings is 3. The molecule has 0 saturated carbocycles. The highest BCUT2D eigenvalue weighted by Gasteiger charge is 2.10. The molecule has 1 atom stereocenters. The summed E-state index contributed by atoms with van der Waals surface area (Å²) in [6.07, 6.45) is 0. The van der Waals surface area contributed by atoms with E-state index < -0.39 is 0 Å². The Hall–Kier alpha value is -2.78. The smallest absolute Gasteiger partial charge is 0.127 e. The Labute approximate surface area is 162 Å². The molecular formula is C24H27NO2. The fourth-order valence-corrected chi connectivity index (χ4v) is 3.10. The van der Waals surface area contributed by atoms with E-state index in [-0.39, 0.29) is 0 Å². The van der Waals surface area contributed by atoms with Crippen molar-refractivity contribution in [1.29, 1.82) is 0 Å². The normalized spacial score (nSPS) is 11.8. The van der Waals surface area contributed by atoms with Crippen LogP contribution in [0.2, 0.25) is 0 Å². The van der Waals surface area contributed by atoms with E-state index in [1.54, 1.807) is 7.11 Å². The monoisotopic (exact) mass is 361 g/mol. The van der Waals surface area contributed by atoms with Crippen LogP contribution in [0.5, 0.6) is 11.5 Å². The minimum Gasteiger partial charge on any atom is -0.497 e. The zero-order chi connectivity index (χ0) is 19.1. The van der Waals surface area contributed by atoms with Crippen LogP contribution in [0.3, 0.4) is 0 Å². The number of hydrogen-bond donors (Lipinski definition) is 1. The van der Waals surface area contributed by atoms with Crippen molar-refractivity contribution in [3.63, 3.8) is 0 Å². The highest BCUT2D eigenvalue weighted by molar-refractivity contribution is 5.71. The van der Waals surface area contributed by atoms with Crippen LogP contribution in [-0.2, 0) is 6.54 Å². The zero-order valence-corrected chi connectivity index (χ0v) is 16.2. The highest BCUT2D eigenvalue weighted by Crippen LogP contribution is 2.32. The van der Waals surface area contributed by atoms with E-state index >= 15 is 0 Å². The Morgan fingerprint density at radius 3 is 2.33 bits per heavy atom. The predicted molar refractivity (Wildman–Crippen MR) is 111 cm³/mol. The van der Waals surface area contributed by atoms with Crippen molar-refractivity contribution in [2.45, 2.75) is 26.4 Å². The third-order valence-corrected chi connectivity index (χ3v) is 4.66. The molecule has 0 fully saturated rings. The lowest BCUT2D eigenvalue weighted by molar-refractivity contribution is 0.341. The van der Waals surface area contributed by atoms with E-state index in [2.05, 4.69) is 66.8 Å². The van der Waals surface area contributed by atoms with Crippen molar-refractivity contribution in [3.05, 3.63) is 83.9 Å². The molecule has 0 spiro atoms. The van der Waals surface area contributed by atoms with Crippen LogP contribution in [0.15, 0.2) is 72.8 Å². The van der Waals surface area contributed by atoms with Gasteiger partial charge in [-0.1, -0.05) is 48.5 Å². The van der Waals surface area contributed by atoms with Gasteiger partial charge in [0.05, 0.1) is 13.7 Å². The number of nitrogens with one attached hydrogen (secondary N) is 1. The maximum absolute atomic E-state index is 5.85. The summed E-state index contributed by atoms with van der Waals surface area (Å²) in [5.74, 6) is 1.76. The fraction of sp³-hybridized carbons (Fsp3) is 0.250. The van der Waals surface area contributed by atoms with Crippen LogP contribution in [0.4, 0.5) is 0 Å². The van der Waals surface area contributed by atoms with Crippen molar-refractivity contribution < 1.29 is 9.47 Å². The first-order valence-electron chi connectivity index (χ1n) is 9.39. The van der Waals surface area contributed by atoms with Crippen LogP contribution >= 0.6 is 0 Å². The van der Waals surface area contributed by atoms with E-state index in [1.807, 2.05) is 25.1 Å². The fourth-order valence-electron chi connectivity index (χ4n) is 3.10. The van der Waals surface area contributed by atoms with E-state index in [9.17, 15) is 0 Å². The van der Waals surface area contributed by atoms with Crippen LogP contribution in [-0.4, -0.2) is 13.7 Å². The minimum atomic E-state index is 0.294. The summed E-state index contributed by atoms with van der Waals surface area (Å²) < 4.78 is 11.1. The number of ether oxygens (including phenoxy) is 2. The van der Waals surface area contributed by atoms with Gasteiger partial charge in [0.1, 0.15) is 11.5 Å². The van der Waals surface area contributed by atoms with Gasteiger partial charge < -0.3 is 14.8 Å². The minimum absolute atomic E-state index is 0.294. The molecule has 1 N–H and O–H groups in total. The summed E-state index contributed by atoms with van der Waals surface area (Å²) in [5.41, 5.74) is 4.74. The molecule has 3 rings (SSSR count). The maximum atomic E-state index is 5.85. The van der Waals surface area contributed by atoms with Crippen LogP contribution < -0.4 is 14.8 Å². The van der Waals surface area contributed by atoms with E-state index in [0.717, 1.165) is 29.2 Å². The molecule has 0 radical (unpaired) electrons. The molecule has 0 aromatic heterocycles. The molecule has 0 aliphatic rings. The van der Waals surface area contributed by atoms with Gasteiger partial charge in [-0.25, -0.2) is 0 Å². The van der Waals surface area contributed by atoms with Gasteiger partial charge in [0, 0.05) is 18.2 Å². The summed E-state index contributed by atoms with van der Waals surface area (Å²) >= 11 is 0. The Morgan fingerprint density at radius 1 is 0.926 bits per heavy atom. The summed E-state index contributed by atoms with van der Waals surface area (Å²) in [5, 5.41) is 3.60. The predicted octanol–water partition coefficient (Wildman–Crippen LogP) is 5.61. The molecule has 0 bridgehead atoms. The molecule has 3 nitrogen and oxygen atoms in total. The Balaban J connectivity index is 1.80. The van der Waals surface area contributed by atoms with Crippen LogP contribution in [0.25, 0.3) is 11.1 Å². The summed E-state index contributed by atoms with van der Waals surface area (Å²) in [7, 11) is 1.68. The van der Waals surface area contributed by atoms with Gasteiger partial charge in [-0.3, -0.25) is 0 Å². The molecule has 0 saturated heterocycles. The summed E-state index contributed by atoms with van der Waals surface area (Å²) in [6.45, 7) is 5.64. The summed E-state index contributed by atoms with van der Waals surface area (Å²) in [4.78, 5) is 0. The molecule has 140 valence electrons. The van der Waals surface area contributed by atoms with Gasteiger partial charge in [-0.2, -0.15) is 0 Å². The second-order valence-corrected chi connectivity index (χ2v) is 6.51. The molecule has 0 aliphatic heterocycles. The SMILES string of the molecule is CCOc1ccc(CN[C@H](C)c2ccccc2)cc1-c1ccc(OC)cc1. The molecule has 3 aromatic rings. The van der Waals surface area contributed by atoms with Crippen molar-refractivity contribution >= 4 is 0 Å². The van der Waals surface area contributed by atoms with Crippen LogP contribution in [0.1, 0.15) is 31.0 Å². The van der Waals surface area contributed by atoms with Gasteiger partial charge in [0.2, 0.25) is 0 Å². The topological polar surface area (TPSA) is 30.5 Å². The second kappa shape index (κ2) is 9.24. The Morgan fingerprint density at radius 2 is 1.67 bits per heavy atom. The van der Waals surface area contributed by atoms with E-state index in [4.69, 9.17) is 9.47 Å². The Bertz CT molecular complexity index is 844. The molecule has 0 aliphatic carbocycles. The van der Waals surface area contributed by atoms with E-state index in [0.29, 0.717) is 12.6 Å². The van der Waals surface area contributed by atoms with Gasteiger partial charge >= 0.3 is 0 Å². The lowest BCUT2D eigenvalue weighted by Crippen LogP contribution is -2.18. The molecule has 3 heteroatoms. The number of methoxy groups -OCH3 is 1. The second-order valence-electron chi connectivity index (χ2n) is 6.51. The molecule has 27 heavy (non-hydrogen) atoms. The lowest BCUT2D eigenvalue weighted by atomic mass is 10.0. The lowest BCUT2D eigenvalue weighted by Gasteiger charge is -2.16. The summed E-state index contributed by atoms with van der Waals surface area (Å²) in [6, 6.07) is 25.3. The molecule has 0 heterocycles. The molecule has 0 unspecified atom stereocenters. The quantitative estimate of drug-likeness (QED) is 0.565. The van der Waals surface area contributed by atoms with Gasteiger partial charge in [0.15, 0.2) is 0 Å². The van der Waals surface area contributed by atoms with Crippen LogP contribution in [0, 0.1) is 0 Å². The zero-order valence-electron chi connectivity index (χ0n) is 16.2. The average Bonchev–Trinajstić information content (AvgIpc) is 2.73.